The zero-order valence-corrected chi connectivity index (χ0v) is 21.4. The molecule has 4 aromatic carbocycles. The van der Waals surface area contributed by atoms with Crippen LogP contribution in [-0.4, -0.2) is 12.5 Å². The van der Waals surface area contributed by atoms with Gasteiger partial charge in [0.25, 0.3) is 5.91 Å². The Balaban J connectivity index is 1.26. The highest BCUT2D eigenvalue weighted by atomic mass is 79.9. The molecule has 1 amide bonds. The van der Waals surface area contributed by atoms with Gasteiger partial charge in [-0.05, 0) is 94.6 Å². The molecule has 5 nitrogen and oxygen atoms in total. The van der Waals surface area contributed by atoms with Crippen LogP contribution in [0.2, 0.25) is 5.02 Å². The van der Waals surface area contributed by atoms with Gasteiger partial charge in [0.1, 0.15) is 17.2 Å². The molecule has 0 aliphatic rings. The molecule has 0 aliphatic heterocycles. The second-order valence-corrected chi connectivity index (χ2v) is 9.12. The molecule has 0 saturated heterocycles. The van der Waals surface area contributed by atoms with Crippen LogP contribution >= 0.6 is 27.5 Å². The van der Waals surface area contributed by atoms with Gasteiger partial charge in [-0.15, -0.1) is 0 Å². The fourth-order valence-electron chi connectivity index (χ4n) is 3.25. The first-order valence-corrected chi connectivity index (χ1v) is 12.2. The van der Waals surface area contributed by atoms with Crippen LogP contribution in [0.1, 0.15) is 11.1 Å². The minimum absolute atomic E-state index is 0.112. The van der Waals surface area contributed by atoms with Crippen LogP contribution in [0.25, 0.3) is 0 Å². The Morgan fingerprint density at radius 3 is 2.31 bits per heavy atom. The lowest BCUT2D eigenvalue weighted by Gasteiger charge is -2.12. The summed E-state index contributed by atoms with van der Waals surface area (Å²) in [6.07, 6.45) is 0. The number of hydrogen-bond donors (Lipinski definition) is 2. The molecule has 0 fully saturated rings. The minimum atomic E-state index is -0.262. The number of nitrogens with one attached hydrogen (secondary N) is 2. The average molecular weight is 552 g/mol. The molecule has 0 saturated carbocycles. The van der Waals surface area contributed by atoms with Crippen LogP contribution in [0, 0.1) is 6.92 Å². The van der Waals surface area contributed by atoms with Crippen molar-refractivity contribution in [3.8, 4) is 17.2 Å². The summed E-state index contributed by atoms with van der Waals surface area (Å²) < 4.78 is 12.3. The third kappa shape index (κ3) is 7.25. The van der Waals surface area contributed by atoms with Crippen LogP contribution in [0.4, 0.5) is 11.4 Å². The van der Waals surface area contributed by atoms with Crippen molar-refractivity contribution in [2.24, 2.45) is 0 Å². The molecular weight excluding hydrogens is 528 g/mol. The van der Waals surface area contributed by atoms with E-state index in [0.717, 1.165) is 32.8 Å². The molecule has 0 unspecified atom stereocenters. The minimum Gasteiger partial charge on any atom is -0.483 e. The van der Waals surface area contributed by atoms with E-state index in [0.29, 0.717) is 23.0 Å². The SMILES string of the molecule is Cc1ccc(NC(=O)COc2ccc(CNc3ccc(Oc4ccccc4)cc3)cc2Br)cc1Cl. The molecule has 0 aromatic heterocycles. The van der Waals surface area contributed by atoms with Crippen molar-refractivity contribution < 1.29 is 14.3 Å². The van der Waals surface area contributed by atoms with Gasteiger partial charge in [0.15, 0.2) is 6.61 Å². The van der Waals surface area contributed by atoms with E-state index in [1.807, 2.05) is 85.8 Å². The lowest BCUT2D eigenvalue weighted by Crippen LogP contribution is -2.20. The number of aryl methyl sites for hydroxylation is 1. The van der Waals surface area contributed by atoms with Gasteiger partial charge in [-0.25, -0.2) is 0 Å². The maximum Gasteiger partial charge on any atom is 0.262 e. The van der Waals surface area contributed by atoms with E-state index in [9.17, 15) is 4.79 Å². The quantitative estimate of drug-likeness (QED) is 0.222. The molecule has 0 aliphatic carbocycles. The molecule has 4 rings (SSSR count). The Morgan fingerprint density at radius 1 is 0.886 bits per heavy atom. The van der Waals surface area contributed by atoms with Crippen molar-refractivity contribution in [2.75, 3.05) is 17.2 Å². The Bertz CT molecular complexity index is 1300. The number of hydrogen-bond acceptors (Lipinski definition) is 4. The van der Waals surface area contributed by atoms with Gasteiger partial charge in [-0.3, -0.25) is 4.79 Å². The number of rotatable bonds is 9. The van der Waals surface area contributed by atoms with E-state index in [-0.39, 0.29) is 12.5 Å². The van der Waals surface area contributed by atoms with Crippen molar-refractivity contribution in [3.05, 3.63) is 112 Å². The molecule has 0 heterocycles. The molecule has 35 heavy (non-hydrogen) atoms. The molecule has 0 spiro atoms. The number of amides is 1. The molecule has 0 radical (unpaired) electrons. The number of benzene rings is 4. The van der Waals surface area contributed by atoms with Crippen molar-refractivity contribution in [1.29, 1.82) is 0 Å². The van der Waals surface area contributed by atoms with E-state index < -0.39 is 0 Å². The first-order valence-electron chi connectivity index (χ1n) is 11.0. The van der Waals surface area contributed by atoms with E-state index >= 15 is 0 Å². The molecule has 2 N–H and O–H groups in total. The number of halogens is 2. The van der Waals surface area contributed by atoms with Crippen LogP contribution < -0.4 is 20.1 Å². The van der Waals surface area contributed by atoms with Gasteiger partial charge >= 0.3 is 0 Å². The summed E-state index contributed by atoms with van der Waals surface area (Å²) >= 11 is 9.64. The van der Waals surface area contributed by atoms with Crippen LogP contribution in [0.5, 0.6) is 17.2 Å². The number of anilines is 2. The van der Waals surface area contributed by atoms with Gasteiger partial charge < -0.3 is 20.1 Å². The smallest absolute Gasteiger partial charge is 0.262 e. The first kappa shape index (κ1) is 24.6. The van der Waals surface area contributed by atoms with Crippen molar-refractivity contribution in [2.45, 2.75) is 13.5 Å². The van der Waals surface area contributed by atoms with Gasteiger partial charge in [0, 0.05) is 22.9 Å². The van der Waals surface area contributed by atoms with Crippen molar-refractivity contribution in [1.82, 2.24) is 0 Å². The fourth-order valence-corrected chi connectivity index (χ4v) is 3.97. The molecule has 0 bridgehead atoms. The summed E-state index contributed by atoms with van der Waals surface area (Å²) in [5.74, 6) is 1.91. The van der Waals surface area contributed by atoms with Gasteiger partial charge in [-0.2, -0.15) is 0 Å². The van der Waals surface area contributed by atoms with Gasteiger partial charge in [-0.1, -0.05) is 41.9 Å². The maximum absolute atomic E-state index is 12.2. The lowest BCUT2D eigenvalue weighted by atomic mass is 10.2. The zero-order chi connectivity index (χ0) is 24.6. The average Bonchev–Trinajstić information content (AvgIpc) is 2.86. The monoisotopic (exact) mass is 550 g/mol. The van der Waals surface area contributed by atoms with E-state index in [2.05, 4.69) is 26.6 Å². The van der Waals surface area contributed by atoms with Crippen LogP contribution in [0.15, 0.2) is 95.5 Å². The highest BCUT2D eigenvalue weighted by Gasteiger charge is 2.08. The highest BCUT2D eigenvalue weighted by Crippen LogP contribution is 2.27. The normalized spacial score (nSPS) is 10.5. The van der Waals surface area contributed by atoms with Crippen molar-refractivity contribution >= 4 is 44.8 Å². The van der Waals surface area contributed by atoms with E-state index in [1.54, 1.807) is 12.1 Å². The summed E-state index contributed by atoms with van der Waals surface area (Å²) in [5.41, 5.74) is 3.63. The second-order valence-electron chi connectivity index (χ2n) is 7.86. The van der Waals surface area contributed by atoms with Crippen LogP contribution in [0.3, 0.4) is 0 Å². The van der Waals surface area contributed by atoms with Crippen LogP contribution in [-0.2, 0) is 11.3 Å². The summed E-state index contributed by atoms with van der Waals surface area (Å²) in [5, 5.41) is 6.78. The Labute approximate surface area is 218 Å². The third-order valence-electron chi connectivity index (χ3n) is 5.14. The largest absolute Gasteiger partial charge is 0.483 e. The number of para-hydroxylation sites is 1. The topological polar surface area (TPSA) is 59.6 Å². The van der Waals surface area contributed by atoms with Gasteiger partial charge in [0.2, 0.25) is 0 Å². The second kappa shape index (κ2) is 11.8. The summed E-state index contributed by atoms with van der Waals surface area (Å²) in [6, 6.07) is 28.6. The molecule has 4 aromatic rings. The van der Waals surface area contributed by atoms with E-state index in [1.165, 1.54) is 0 Å². The molecule has 7 heteroatoms. The fraction of sp³-hybridized carbons (Fsp3) is 0.107. The Kier molecular flexibility index (Phi) is 8.29. The van der Waals surface area contributed by atoms with Gasteiger partial charge in [0.05, 0.1) is 4.47 Å². The maximum atomic E-state index is 12.2. The number of ether oxygens (including phenoxy) is 2. The summed E-state index contributed by atoms with van der Waals surface area (Å²) in [7, 11) is 0. The number of carbonyl (C=O) groups excluding carboxylic acids is 1. The first-order chi connectivity index (χ1) is 17.0. The zero-order valence-electron chi connectivity index (χ0n) is 19.1. The third-order valence-corrected chi connectivity index (χ3v) is 6.17. The van der Waals surface area contributed by atoms with Crippen molar-refractivity contribution in [3.63, 3.8) is 0 Å². The molecule has 178 valence electrons. The number of carbonyl (C=O) groups is 1. The predicted molar refractivity (Wildman–Crippen MR) is 145 cm³/mol. The van der Waals surface area contributed by atoms with E-state index in [4.69, 9.17) is 21.1 Å². The molecular formula is C28H24BrClN2O3. The standard InChI is InChI=1S/C28H24BrClN2O3/c1-19-7-9-22(16-26(19)30)32-28(33)18-34-27-14-8-20(15-25(27)29)17-31-21-10-12-24(13-11-21)35-23-5-3-2-4-6-23/h2-16,31H,17-18H2,1H3,(H,32,33). The highest BCUT2D eigenvalue weighted by molar-refractivity contribution is 9.10. The predicted octanol–water partition coefficient (Wildman–Crippen LogP) is 7.83. The summed E-state index contributed by atoms with van der Waals surface area (Å²) in [4.78, 5) is 12.2. The lowest BCUT2D eigenvalue weighted by molar-refractivity contribution is -0.118. The Morgan fingerprint density at radius 2 is 1.60 bits per heavy atom. The Hall–Kier alpha value is -3.48. The summed E-state index contributed by atoms with van der Waals surface area (Å²) in [6.45, 7) is 2.43. The molecule has 0 atom stereocenters.